The lowest BCUT2D eigenvalue weighted by molar-refractivity contribution is -0.333. The molecule has 3 heterocycles. The van der Waals surface area contributed by atoms with E-state index in [0.717, 1.165) is 11.9 Å². The molecule has 13 nitrogen and oxygen atoms in total. The third-order valence-electron chi connectivity index (χ3n) is 13.0. The Morgan fingerprint density at radius 1 is 1.10 bits per heavy atom. The van der Waals surface area contributed by atoms with Crippen molar-refractivity contribution in [3.63, 3.8) is 0 Å². The molecule has 0 aromatic heterocycles. The van der Waals surface area contributed by atoms with Crippen LogP contribution in [0, 0.1) is 22.7 Å². The summed E-state index contributed by atoms with van der Waals surface area (Å²) in [4.78, 5) is 51.9. The third kappa shape index (κ3) is 5.44. The molecular formula is C39H51NO12. The molecule has 3 aliphatic heterocycles. The van der Waals surface area contributed by atoms with E-state index in [2.05, 4.69) is 19.2 Å². The lowest BCUT2D eigenvalue weighted by Gasteiger charge is -2.65. The predicted molar refractivity (Wildman–Crippen MR) is 182 cm³/mol. The first-order valence-electron chi connectivity index (χ1n) is 18.2. The number of aliphatic hydroxyl groups is 2. The fourth-order valence-electron chi connectivity index (χ4n) is 10.5. The van der Waals surface area contributed by atoms with E-state index in [1.54, 1.807) is 51.1 Å². The van der Waals surface area contributed by atoms with E-state index in [1.807, 2.05) is 13.8 Å². The molecule has 0 radical (unpaired) electrons. The molecule has 6 aliphatic rings. The molecule has 1 aromatic rings. The number of hydrogen-bond donors (Lipinski definition) is 3. The molecule has 5 fully saturated rings. The van der Waals surface area contributed by atoms with Gasteiger partial charge < -0.3 is 48.7 Å². The van der Waals surface area contributed by atoms with Crippen molar-refractivity contribution in [1.29, 1.82) is 0 Å². The molecule has 52 heavy (non-hydrogen) atoms. The van der Waals surface area contributed by atoms with E-state index in [1.165, 1.54) is 6.92 Å². The molecule has 3 saturated heterocycles. The van der Waals surface area contributed by atoms with Crippen molar-refractivity contribution in [3.05, 3.63) is 47.0 Å². The second-order valence-electron chi connectivity index (χ2n) is 17.3. The summed E-state index contributed by atoms with van der Waals surface area (Å²) in [5.41, 5.74) is -2.51. The first-order chi connectivity index (χ1) is 24.3. The molecule has 7 rings (SSSR count). The molecule has 1 amide bonds. The number of esters is 2. The Hall–Kier alpha value is -3.36. The number of ether oxygens (including phenoxy) is 6. The van der Waals surface area contributed by atoms with Gasteiger partial charge in [0.15, 0.2) is 11.7 Å². The van der Waals surface area contributed by atoms with Gasteiger partial charge in [-0.15, -0.1) is 0 Å². The monoisotopic (exact) mass is 725 g/mol. The average molecular weight is 726 g/mol. The third-order valence-corrected chi connectivity index (χ3v) is 13.0. The van der Waals surface area contributed by atoms with Crippen LogP contribution in [0.4, 0.5) is 4.79 Å². The highest BCUT2D eigenvalue weighted by Gasteiger charge is 2.83. The molecule has 3 aliphatic carbocycles. The second-order valence-corrected chi connectivity index (χ2v) is 17.3. The van der Waals surface area contributed by atoms with Crippen molar-refractivity contribution in [1.82, 2.24) is 5.32 Å². The fraction of sp³-hybridized carbons (Fsp3) is 0.692. The fourth-order valence-corrected chi connectivity index (χ4v) is 10.5. The Balaban J connectivity index is 1.28. The van der Waals surface area contributed by atoms with Crippen LogP contribution in [0.25, 0.3) is 0 Å². The van der Waals surface area contributed by atoms with Crippen LogP contribution in [-0.4, -0.2) is 101 Å². The van der Waals surface area contributed by atoms with Crippen molar-refractivity contribution in [3.8, 4) is 0 Å². The lowest BCUT2D eigenvalue weighted by Crippen LogP contribution is -2.77. The molecule has 13 atom stereocenters. The summed E-state index contributed by atoms with van der Waals surface area (Å²) in [5, 5.41) is 26.2. The average Bonchev–Trinajstić information content (AvgIpc) is 3.61. The molecule has 4 unspecified atom stereocenters. The van der Waals surface area contributed by atoms with Crippen LogP contribution in [0.2, 0.25) is 0 Å². The molecule has 284 valence electrons. The van der Waals surface area contributed by atoms with E-state index in [-0.39, 0.29) is 19.4 Å². The van der Waals surface area contributed by atoms with Crippen LogP contribution in [0.15, 0.2) is 41.5 Å². The summed E-state index contributed by atoms with van der Waals surface area (Å²) in [6.07, 6.45) is -5.36. The molecule has 2 saturated carbocycles. The number of aliphatic hydroxyl groups excluding tert-OH is 2. The van der Waals surface area contributed by atoms with E-state index in [9.17, 15) is 29.4 Å². The first kappa shape index (κ1) is 37.0. The molecule has 2 bridgehead atoms. The van der Waals surface area contributed by atoms with Crippen LogP contribution in [-0.2, 0) is 42.8 Å². The minimum Gasteiger partial charge on any atom is -0.456 e. The summed E-state index contributed by atoms with van der Waals surface area (Å²) >= 11 is 0. The molecular weight excluding hydrogens is 674 g/mol. The number of carbonyl (C=O) groups excluding carboxylic acids is 4. The number of fused-ring (bicyclic) bond motifs is 8. The van der Waals surface area contributed by atoms with Gasteiger partial charge in [-0.05, 0) is 50.8 Å². The molecule has 13 heteroatoms. The summed E-state index contributed by atoms with van der Waals surface area (Å²) < 4.78 is 37.2. The van der Waals surface area contributed by atoms with Gasteiger partial charge in [-0.3, -0.25) is 4.79 Å². The summed E-state index contributed by atoms with van der Waals surface area (Å²) in [5.74, 6) is -2.38. The SMILES string of the molecule is CC(=O)O[C@@]12COC1CC(O)[C@@]1(C)[C@@H]3CC(C=O)O[C@@H]3C3=C(C)[C@@H](OC(=O)[C@H](O)[C@@H](NC(=O)OC(C)(C)C)c4ccccc4)CC4(O[C@H]4[C@@H]12)C3(C)C. The van der Waals surface area contributed by atoms with Gasteiger partial charge in [0, 0.05) is 42.4 Å². The first-order valence-corrected chi connectivity index (χ1v) is 18.2. The standard InChI is InChI=1S/C39H51NO12/c1-19-24(49-33(45)29(44)28(21-12-10-9-11-13-21)40-34(46)52-35(3,4)5)16-39-32(51-39)31-37(8,25(43)15-26-38(31,18-47-26)50-20(2)42)23-14-22(17-41)48-30(23)27(19)36(39,6)7/h9-13,17,22-26,28-32,43-44H,14-16,18H2,1-8H3,(H,40,46)/t22?,23-,24+,25?,26?,28+,29-,30+,31+,32+,37-,38+,39?/m1/s1. The summed E-state index contributed by atoms with van der Waals surface area (Å²) in [6.45, 7) is 14.6. The van der Waals surface area contributed by atoms with Crippen LogP contribution < -0.4 is 5.32 Å². The van der Waals surface area contributed by atoms with Crippen LogP contribution in [0.3, 0.4) is 0 Å². The maximum Gasteiger partial charge on any atom is 0.408 e. The number of carbonyl (C=O) groups is 4. The summed E-state index contributed by atoms with van der Waals surface area (Å²) in [7, 11) is 0. The number of nitrogens with one attached hydrogen (secondary N) is 1. The number of alkyl carbamates (subject to hydrolysis) is 1. The zero-order valence-corrected chi connectivity index (χ0v) is 31.0. The molecule has 3 N–H and O–H groups in total. The zero-order valence-electron chi connectivity index (χ0n) is 31.0. The maximum atomic E-state index is 14.0. The number of hydrogen-bond acceptors (Lipinski definition) is 12. The van der Waals surface area contributed by atoms with Gasteiger partial charge in [-0.1, -0.05) is 51.1 Å². The summed E-state index contributed by atoms with van der Waals surface area (Å²) in [6, 6.07) is 7.41. The van der Waals surface area contributed by atoms with Gasteiger partial charge in [0.1, 0.15) is 35.8 Å². The van der Waals surface area contributed by atoms with Gasteiger partial charge in [0.2, 0.25) is 0 Å². The normalized spacial score (nSPS) is 40.8. The highest BCUT2D eigenvalue weighted by atomic mass is 16.6. The van der Waals surface area contributed by atoms with Gasteiger partial charge >= 0.3 is 18.0 Å². The van der Waals surface area contributed by atoms with E-state index >= 15 is 0 Å². The second kappa shape index (κ2) is 12.3. The van der Waals surface area contributed by atoms with Gasteiger partial charge in [0.25, 0.3) is 0 Å². The highest BCUT2D eigenvalue weighted by molar-refractivity contribution is 5.78. The van der Waals surface area contributed by atoms with Crippen LogP contribution >= 0.6 is 0 Å². The van der Waals surface area contributed by atoms with E-state index in [0.29, 0.717) is 17.6 Å². The Morgan fingerprint density at radius 2 is 1.79 bits per heavy atom. The van der Waals surface area contributed by atoms with Crippen molar-refractivity contribution >= 4 is 24.3 Å². The van der Waals surface area contributed by atoms with Gasteiger partial charge in [-0.2, -0.15) is 0 Å². The molecule has 1 aromatic carbocycles. The van der Waals surface area contributed by atoms with Crippen molar-refractivity contribution in [2.45, 2.75) is 140 Å². The topological polar surface area (TPSA) is 179 Å². The van der Waals surface area contributed by atoms with Crippen molar-refractivity contribution in [2.24, 2.45) is 22.7 Å². The minimum absolute atomic E-state index is 0.133. The molecule has 1 spiro atoms. The number of benzene rings is 1. The highest BCUT2D eigenvalue weighted by Crippen LogP contribution is 2.74. The lowest BCUT2D eigenvalue weighted by atomic mass is 9.44. The zero-order chi connectivity index (χ0) is 37.8. The predicted octanol–water partition coefficient (Wildman–Crippen LogP) is 3.48. The largest absolute Gasteiger partial charge is 0.456 e. The van der Waals surface area contributed by atoms with E-state index in [4.69, 9.17) is 28.4 Å². The Morgan fingerprint density at radius 3 is 2.38 bits per heavy atom. The van der Waals surface area contributed by atoms with E-state index < -0.39 is 106 Å². The van der Waals surface area contributed by atoms with Crippen molar-refractivity contribution < 1.29 is 57.8 Å². The Kier molecular flexibility index (Phi) is 8.77. The number of aldehydes is 1. The van der Waals surface area contributed by atoms with Crippen LogP contribution in [0.5, 0.6) is 0 Å². The minimum atomic E-state index is -1.81. The number of epoxide rings is 1. The Bertz CT molecular complexity index is 1670. The smallest absolute Gasteiger partial charge is 0.408 e. The van der Waals surface area contributed by atoms with Gasteiger partial charge in [-0.25, -0.2) is 9.59 Å². The maximum absolute atomic E-state index is 14.0. The quantitative estimate of drug-likeness (QED) is 0.123. The Labute approximate surface area is 303 Å². The van der Waals surface area contributed by atoms with Crippen LogP contribution in [0.1, 0.15) is 86.3 Å². The number of amides is 1. The number of rotatable bonds is 7. The van der Waals surface area contributed by atoms with Crippen molar-refractivity contribution in [2.75, 3.05) is 6.61 Å². The van der Waals surface area contributed by atoms with Gasteiger partial charge in [0.05, 0.1) is 31.0 Å².